The summed E-state index contributed by atoms with van der Waals surface area (Å²) in [5.41, 5.74) is 19.0. The third kappa shape index (κ3) is 17.5. The first kappa shape index (κ1) is 59.7. The van der Waals surface area contributed by atoms with Crippen molar-refractivity contribution >= 4 is 101 Å². The Labute approximate surface area is 454 Å². The minimum Gasteiger partial charge on any atom is -0.370 e. The molecule has 77 heavy (non-hydrogen) atoms. The van der Waals surface area contributed by atoms with Crippen molar-refractivity contribution in [3.63, 3.8) is 0 Å². The van der Waals surface area contributed by atoms with E-state index in [1.165, 1.54) is 19.4 Å². The van der Waals surface area contributed by atoms with Crippen molar-refractivity contribution < 1.29 is 47.9 Å². The quantitative estimate of drug-likeness (QED) is 0.00867. The van der Waals surface area contributed by atoms with Crippen molar-refractivity contribution in [2.45, 2.75) is 101 Å². The highest BCUT2D eigenvalue weighted by Gasteiger charge is 2.41. The van der Waals surface area contributed by atoms with Crippen LogP contribution in [0.25, 0.3) is 10.9 Å². The first-order valence-corrected chi connectivity index (χ1v) is 25.8. The number of hydrogen-bond acceptors (Lipinski definition) is 14. The second kappa shape index (κ2) is 28.7. The molecule has 28 heteroatoms. The zero-order valence-electron chi connectivity index (χ0n) is 42.5. The summed E-state index contributed by atoms with van der Waals surface area (Å²) in [5, 5.41) is 21.5. The number of urea groups is 1. The molecule has 0 aliphatic carbocycles. The van der Waals surface area contributed by atoms with Gasteiger partial charge in [0.1, 0.15) is 54.9 Å². The second-order valence-corrected chi connectivity index (χ2v) is 19.2. The van der Waals surface area contributed by atoms with E-state index in [2.05, 4.69) is 87.7 Å². The van der Waals surface area contributed by atoms with Gasteiger partial charge in [-0.2, -0.15) is 25.3 Å². The molecule has 3 heterocycles. The number of nitrogens with one attached hydrogen (secondary N) is 10. The SMILES string of the molecule is CC(C)[C@@H]1NC(=O)N(CC(=O)N[C@@H](CS)C(=O)N[C@H](C)C(=O)N[C@@H](Cc2cnc[nH]2)C(=O)N[C@H](Cc2ccccc2)C(=O)N[C@@H](CCCN=C(N)N)C(=O)N[C@@H](Cc2c[nH]c3ccccc23)C(=O)N[C@@H](CS)C(N)=O)C1=O. The molecule has 2 aromatic heterocycles. The van der Waals surface area contributed by atoms with E-state index in [0.29, 0.717) is 16.8 Å². The highest BCUT2D eigenvalue weighted by molar-refractivity contribution is 7.80. The van der Waals surface area contributed by atoms with Gasteiger partial charge in [-0.3, -0.25) is 53.0 Å². The van der Waals surface area contributed by atoms with Crippen LogP contribution in [0.15, 0.2) is 78.3 Å². The number of nitrogens with zero attached hydrogens (tertiary/aromatic N) is 3. The molecule has 1 saturated heterocycles. The Bertz CT molecular complexity index is 2770. The van der Waals surface area contributed by atoms with Gasteiger partial charge >= 0.3 is 6.03 Å². The van der Waals surface area contributed by atoms with Crippen molar-refractivity contribution in [3.8, 4) is 0 Å². The number of H-pyrrole nitrogens is 2. The molecule has 11 amide bonds. The summed E-state index contributed by atoms with van der Waals surface area (Å²) in [6, 6.07) is 4.94. The topological polar surface area (TPSA) is 405 Å². The first-order chi connectivity index (χ1) is 36.7. The lowest BCUT2D eigenvalue weighted by molar-refractivity contribution is -0.135. The van der Waals surface area contributed by atoms with E-state index in [-0.39, 0.29) is 62.0 Å². The normalized spacial score (nSPS) is 15.9. The van der Waals surface area contributed by atoms with Gasteiger partial charge in [0.15, 0.2) is 5.96 Å². The van der Waals surface area contributed by atoms with Crippen molar-refractivity contribution in [1.29, 1.82) is 0 Å². The van der Waals surface area contributed by atoms with Gasteiger partial charge in [-0.1, -0.05) is 62.4 Å². The molecular weight excluding hydrogens is 1040 g/mol. The standard InChI is InChI=1S/C49H66N16O10S2/c1-25(2)39-47(74)65(49(75)64-39)21-38(66)58-37(23-77)46(73)57-26(3)41(68)60-35(18-29-20-53-24-56-29)45(72)61-33(16-27-10-5-4-6-11-27)43(70)59-32(14-9-15-54-48(51)52)42(69)62-34(44(71)63-36(22-76)40(50)67)17-28-19-55-31-13-8-7-12-30(28)31/h4-8,10-13,19-20,24-26,32-37,39,55,76-77H,9,14-18,21-23H2,1-3H3,(H2,50,67)(H,53,56)(H,57,73)(H,58,66)(H,59,70)(H,60,68)(H,61,72)(H,62,69)(H,63,71)(H,64,75)(H4,51,52,54)/t26-,32+,33-,34+,35+,36+,37+,39+/m1/s1. The van der Waals surface area contributed by atoms with Crippen LogP contribution in [0.1, 0.15) is 50.4 Å². The van der Waals surface area contributed by atoms with Crippen molar-refractivity contribution in [3.05, 3.63) is 90.1 Å². The number of carbonyl (C=O) groups is 10. The Kier molecular flexibility index (Phi) is 22.2. The molecule has 4 aromatic rings. The minimum absolute atomic E-state index is 0.0470. The fourth-order valence-corrected chi connectivity index (χ4v) is 8.61. The molecule has 414 valence electrons. The zero-order chi connectivity index (χ0) is 56.3. The minimum atomic E-state index is -1.42. The molecule has 0 bridgehead atoms. The largest absolute Gasteiger partial charge is 0.370 e. The van der Waals surface area contributed by atoms with E-state index in [1.807, 2.05) is 18.2 Å². The van der Waals surface area contributed by atoms with Crippen LogP contribution in [0.5, 0.6) is 0 Å². The summed E-state index contributed by atoms with van der Waals surface area (Å²) < 4.78 is 0. The lowest BCUT2D eigenvalue weighted by atomic mass is 10.0. The highest BCUT2D eigenvalue weighted by atomic mass is 32.1. The first-order valence-electron chi connectivity index (χ1n) is 24.6. The van der Waals surface area contributed by atoms with Crippen LogP contribution < -0.4 is 59.7 Å². The fourth-order valence-electron chi connectivity index (χ4n) is 8.08. The Morgan fingerprint density at radius 3 is 1.84 bits per heavy atom. The molecule has 26 nitrogen and oxygen atoms in total. The van der Waals surface area contributed by atoms with E-state index in [1.54, 1.807) is 56.4 Å². The number of imidazole rings is 1. The van der Waals surface area contributed by atoms with Crippen LogP contribution in [-0.4, -0.2) is 158 Å². The van der Waals surface area contributed by atoms with Crippen molar-refractivity contribution in [1.82, 2.24) is 62.4 Å². The van der Waals surface area contributed by atoms with E-state index in [0.717, 1.165) is 15.8 Å². The average molecular weight is 1100 g/mol. The predicted molar refractivity (Wildman–Crippen MR) is 289 cm³/mol. The number of aliphatic imine (C=N–C) groups is 1. The molecule has 2 aromatic carbocycles. The summed E-state index contributed by atoms with van der Waals surface area (Å²) in [6.45, 7) is 4.15. The van der Waals surface area contributed by atoms with Crippen LogP contribution >= 0.6 is 25.3 Å². The van der Waals surface area contributed by atoms with Gasteiger partial charge in [0, 0.05) is 66.3 Å². The molecule has 1 aliphatic heterocycles. The van der Waals surface area contributed by atoms with Crippen LogP contribution in [0.4, 0.5) is 4.79 Å². The maximum absolute atomic E-state index is 14.6. The molecule has 8 atom stereocenters. The number of benzene rings is 2. The number of rotatable bonds is 29. The van der Waals surface area contributed by atoms with Crippen LogP contribution in [-0.2, 0) is 62.4 Å². The number of guanidine groups is 1. The number of carbonyl (C=O) groups excluding carboxylic acids is 10. The maximum atomic E-state index is 14.6. The van der Waals surface area contributed by atoms with Gasteiger partial charge in [-0.15, -0.1) is 0 Å². The number of para-hydroxylation sites is 1. The number of thiol groups is 2. The average Bonchev–Trinajstić information content (AvgIpc) is 4.14. The summed E-state index contributed by atoms with van der Waals surface area (Å²) >= 11 is 8.32. The van der Waals surface area contributed by atoms with E-state index >= 15 is 0 Å². The van der Waals surface area contributed by atoms with Crippen molar-refractivity contribution in [2.75, 3.05) is 24.6 Å². The van der Waals surface area contributed by atoms with Gasteiger partial charge in [0.2, 0.25) is 47.3 Å². The predicted octanol–water partition coefficient (Wildman–Crippen LogP) is -2.69. The van der Waals surface area contributed by atoms with Crippen LogP contribution in [0.2, 0.25) is 0 Å². The van der Waals surface area contributed by atoms with Crippen LogP contribution in [0, 0.1) is 5.92 Å². The smallest absolute Gasteiger partial charge is 0.325 e. The van der Waals surface area contributed by atoms with Gasteiger partial charge in [0.25, 0.3) is 5.91 Å². The molecule has 0 radical (unpaired) electrons. The van der Waals surface area contributed by atoms with E-state index < -0.39 is 114 Å². The Hall–Kier alpha value is -8.14. The van der Waals surface area contributed by atoms with E-state index in [9.17, 15) is 47.9 Å². The highest BCUT2D eigenvalue weighted by Crippen LogP contribution is 2.20. The number of fused-ring (bicyclic) bond motifs is 1. The van der Waals surface area contributed by atoms with Gasteiger partial charge in [-0.25, -0.2) is 9.78 Å². The molecule has 0 saturated carbocycles. The lowest BCUT2D eigenvalue weighted by Crippen LogP contribution is -2.60. The third-order valence-corrected chi connectivity index (χ3v) is 13.0. The number of nitrogens with two attached hydrogens (primary N) is 3. The Morgan fingerprint density at radius 2 is 1.25 bits per heavy atom. The van der Waals surface area contributed by atoms with Gasteiger partial charge in [-0.05, 0) is 42.9 Å². The third-order valence-electron chi connectivity index (χ3n) is 12.3. The van der Waals surface area contributed by atoms with Gasteiger partial charge < -0.3 is 69.7 Å². The number of aromatic amines is 2. The Balaban J connectivity index is 1.35. The number of primary amides is 1. The van der Waals surface area contributed by atoms with Gasteiger partial charge in [0.05, 0.1) is 6.33 Å². The maximum Gasteiger partial charge on any atom is 0.325 e. The molecule has 16 N–H and O–H groups in total. The fraction of sp³-hybridized carbons (Fsp3) is 0.429. The number of imide groups is 1. The Morgan fingerprint density at radius 1 is 0.675 bits per heavy atom. The molecule has 0 unspecified atom stereocenters. The lowest BCUT2D eigenvalue weighted by Gasteiger charge is -2.27. The van der Waals surface area contributed by atoms with E-state index in [4.69, 9.17) is 17.2 Å². The zero-order valence-corrected chi connectivity index (χ0v) is 44.3. The number of aromatic nitrogens is 3. The van der Waals surface area contributed by atoms with Crippen molar-refractivity contribution in [2.24, 2.45) is 28.1 Å². The molecule has 1 aliphatic rings. The monoisotopic (exact) mass is 1100 g/mol. The summed E-state index contributed by atoms with van der Waals surface area (Å²) in [6.07, 6.45) is 4.15. The summed E-state index contributed by atoms with van der Waals surface area (Å²) in [7, 11) is 0. The molecule has 1 fully saturated rings. The summed E-state index contributed by atoms with van der Waals surface area (Å²) in [5.74, 6) is -8.13. The summed E-state index contributed by atoms with van der Waals surface area (Å²) in [4.78, 5) is 150. The molecule has 0 spiro atoms. The van der Waals surface area contributed by atoms with Crippen LogP contribution in [0.3, 0.4) is 0 Å². The number of amides is 11. The number of hydrogen-bond donors (Lipinski definition) is 15. The second-order valence-electron chi connectivity index (χ2n) is 18.5. The molecular formula is C49H66N16O10S2. The molecule has 5 rings (SSSR count).